The number of aliphatic hydroxyl groups is 1. The van der Waals surface area contributed by atoms with Crippen LogP contribution in [0.3, 0.4) is 0 Å². The Morgan fingerprint density at radius 1 is 1.25 bits per heavy atom. The highest BCUT2D eigenvalue weighted by atomic mass is 35.5. The molecule has 332 valence electrons. The van der Waals surface area contributed by atoms with E-state index < -0.39 is 105 Å². The van der Waals surface area contributed by atoms with Gasteiger partial charge in [-0.25, -0.2) is 37.4 Å². The smallest absolute Gasteiger partial charge is 0.406 e. The van der Waals surface area contributed by atoms with E-state index in [2.05, 4.69) is 25.4 Å². The zero-order valence-electron chi connectivity index (χ0n) is 33.4. The molecule has 2 unspecified atom stereocenters. The maximum atomic E-state index is 16.1. The van der Waals surface area contributed by atoms with Crippen molar-refractivity contribution in [2.45, 2.75) is 89.7 Å². The second kappa shape index (κ2) is 19.0. The molecule has 0 aliphatic carbocycles. The zero-order valence-corrected chi connectivity index (χ0v) is 35.9. The van der Waals surface area contributed by atoms with Gasteiger partial charge in [0.2, 0.25) is 0 Å². The lowest BCUT2D eigenvalue weighted by Gasteiger charge is -2.29. The molecule has 24 heteroatoms. The number of hydrogen-bond acceptors (Lipinski definition) is 16. The first-order valence-corrected chi connectivity index (χ1v) is 21.8. The summed E-state index contributed by atoms with van der Waals surface area (Å²) in [5.41, 5.74) is -1.02. The average molecular weight is 918 g/mol. The molecule has 0 amide bonds. The van der Waals surface area contributed by atoms with Gasteiger partial charge in [0.05, 0.1) is 37.5 Å². The molecule has 2 aromatic heterocycles. The number of aromatic amines is 1. The van der Waals surface area contributed by atoms with Crippen molar-refractivity contribution < 1.29 is 55.7 Å². The number of amidine groups is 1. The Bertz CT molecular complexity index is 2350. The fourth-order valence-corrected chi connectivity index (χ4v) is 9.28. The summed E-state index contributed by atoms with van der Waals surface area (Å²) < 4.78 is 89.4. The number of hydrogen-bond donors (Lipinski definition) is 4. The Kier molecular flexibility index (Phi) is 14.4. The molecule has 7 atom stereocenters. The van der Waals surface area contributed by atoms with Gasteiger partial charge in [-0.05, 0) is 46.8 Å². The van der Waals surface area contributed by atoms with Gasteiger partial charge in [0, 0.05) is 59.1 Å². The molecule has 0 radical (unpaired) electrons. The van der Waals surface area contributed by atoms with Crippen LogP contribution in [-0.2, 0) is 37.4 Å². The molecule has 18 nitrogen and oxygen atoms in total. The largest absolute Gasteiger partial charge is 0.463 e. The predicted octanol–water partition coefficient (Wildman–Crippen LogP) is 3.74. The predicted molar refractivity (Wildman–Crippen MR) is 214 cm³/mol. The Morgan fingerprint density at radius 3 is 2.67 bits per heavy atom. The molecular formula is C37H44ClF3N7O11PS. The van der Waals surface area contributed by atoms with Crippen molar-refractivity contribution in [3.05, 3.63) is 95.1 Å². The molecule has 3 aliphatic heterocycles. The van der Waals surface area contributed by atoms with E-state index in [1.807, 2.05) is 0 Å². The molecule has 6 rings (SSSR count). The van der Waals surface area contributed by atoms with Crippen LogP contribution < -0.4 is 21.7 Å². The third-order valence-electron chi connectivity index (χ3n) is 9.62. The number of ether oxygens (including phenoxy) is 3. The number of likely N-dealkylation sites (tertiary alicyclic amines) is 1. The van der Waals surface area contributed by atoms with Gasteiger partial charge in [-0.2, -0.15) is 0 Å². The van der Waals surface area contributed by atoms with E-state index in [-0.39, 0.29) is 52.8 Å². The fraction of sp³-hybridized carbons (Fsp3) is 0.514. The number of halogens is 4. The maximum Gasteiger partial charge on any atom is 0.406 e. The summed E-state index contributed by atoms with van der Waals surface area (Å²) in [5.74, 6) is -5.94. The van der Waals surface area contributed by atoms with Crippen molar-refractivity contribution >= 4 is 48.5 Å². The normalized spacial score (nSPS) is 24.3. The number of alkyl halides is 2. The first kappa shape index (κ1) is 46.3. The molecule has 4 N–H and O–H groups in total. The Balaban J connectivity index is 1.26. The van der Waals surface area contributed by atoms with Crippen LogP contribution in [0, 0.1) is 12.7 Å². The second-order valence-electron chi connectivity index (χ2n) is 14.7. The molecule has 61 heavy (non-hydrogen) atoms. The van der Waals surface area contributed by atoms with Crippen LogP contribution in [-0.4, -0.2) is 112 Å². The summed E-state index contributed by atoms with van der Waals surface area (Å²) in [5, 5.41) is 18.2. The van der Waals surface area contributed by atoms with Crippen molar-refractivity contribution in [3.63, 3.8) is 0 Å². The van der Waals surface area contributed by atoms with Crippen LogP contribution in [0.2, 0.25) is 5.02 Å². The maximum absolute atomic E-state index is 16.1. The summed E-state index contributed by atoms with van der Waals surface area (Å²) in [6, 6.07) is 0.947. The summed E-state index contributed by atoms with van der Waals surface area (Å²) in [6.07, 6.45) is -3.82. The number of nitrogens with zero attached hydrogens (tertiary/aromatic N) is 4. The van der Waals surface area contributed by atoms with Crippen LogP contribution in [0.5, 0.6) is 0 Å². The quantitative estimate of drug-likeness (QED) is 0.119. The van der Waals surface area contributed by atoms with Crippen molar-refractivity contribution in [3.8, 4) is 0 Å². The van der Waals surface area contributed by atoms with Crippen molar-refractivity contribution in [2.75, 3.05) is 32.8 Å². The van der Waals surface area contributed by atoms with Crippen LogP contribution in [0.1, 0.15) is 62.5 Å². The fourth-order valence-electron chi connectivity index (χ4n) is 6.75. The molecule has 5 heterocycles. The van der Waals surface area contributed by atoms with E-state index >= 15 is 8.78 Å². The third-order valence-corrected chi connectivity index (χ3v) is 12.4. The number of aromatic nitrogens is 3. The molecule has 0 bridgehead atoms. The zero-order chi connectivity index (χ0) is 44.4. The van der Waals surface area contributed by atoms with Gasteiger partial charge in [0.15, 0.2) is 10.8 Å². The first-order chi connectivity index (χ1) is 28.8. The molecule has 2 saturated heterocycles. The van der Waals surface area contributed by atoms with Gasteiger partial charge < -0.3 is 24.6 Å². The van der Waals surface area contributed by atoms with Crippen molar-refractivity contribution in [1.29, 1.82) is 0 Å². The minimum atomic E-state index is -4.94. The number of esters is 2. The SMILES string of the molecule is CCOC(=O)C1=C(CN2CC(OP(=O)(N[C@@H](C)C(=O)OC(C)C)OC[C@@H]3O[C@H](n4cc(C)c(=O)[nH]c4=O)C[C@H]3O)C(F)(F)C2)NC(c2nccs2)=N[C@H]1c1ccc(F)cc1Cl. The number of rotatable bonds is 16. The minimum absolute atomic E-state index is 0.0550. The lowest BCUT2D eigenvalue weighted by atomic mass is 9.95. The Morgan fingerprint density at radius 2 is 2.00 bits per heavy atom. The molecule has 0 saturated carbocycles. The molecule has 1 aromatic carbocycles. The van der Waals surface area contributed by atoms with Gasteiger partial charge in [-0.3, -0.25) is 38.1 Å². The van der Waals surface area contributed by atoms with Gasteiger partial charge in [-0.15, -0.1) is 11.3 Å². The topological polar surface area (TPSA) is 225 Å². The van der Waals surface area contributed by atoms with Crippen LogP contribution in [0.4, 0.5) is 13.2 Å². The van der Waals surface area contributed by atoms with Crippen molar-refractivity contribution in [1.82, 2.24) is 29.8 Å². The molecule has 2 fully saturated rings. The van der Waals surface area contributed by atoms with E-state index in [4.69, 9.17) is 34.9 Å². The van der Waals surface area contributed by atoms with E-state index in [1.54, 1.807) is 26.2 Å². The average Bonchev–Trinajstić information content (AvgIpc) is 3.91. The summed E-state index contributed by atoms with van der Waals surface area (Å²) in [6.45, 7) is 4.71. The second-order valence-corrected chi connectivity index (χ2v) is 17.7. The number of aliphatic imine (C=N–C) groups is 1. The molecular weight excluding hydrogens is 874 g/mol. The number of thiazole rings is 1. The third kappa shape index (κ3) is 10.9. The van der Waals surface area contributed by atoms with Crippen molar-refractivity contribution in [2.24, 2.45) is 4.99 Å². The van der Waals surface area contributed by atoms with E-state index in [0.717, 1.165) is 16.7 Å². The molecule has 3 aromatic rings. The van der Waals surface area contributed by atoms with E-state index in [9.17, 15) is 33.2 Å². The van der Waals surface area contributed by atoms with E-state index in [1.165, 1.54) is 48.5 Å². The highest BCUT2D eigenvalue weighted by Gasteiger charge is 2.53. The van der Waals surface area contributed by atoms with Gasteiger partial charge in [0.1, 0.15) is 36.3 Å². The van der Waals surface area contributed by atoms with Gasteiger partial charge >= 0.3 is 25.4 Å². The highest BCUT2D eigenvalue weighted by Crippen LogP contribution is 2.50. The standard InChI is InChI=1S/C37H44ClF3N7O11PS/c1-6-55-35(52)29-24(43-31(33-42-9-10-61-33)44-30(29)22-8-7-21(39)11-23(22)38)14-47-15-27(37(40,41)17-47)59-60(54,46-20(5)34(51)57-18(2)3)56-16-26-25(49)12-28(58-26)48-13-19(4)32(50)45-36(48)53/h7-11,13,18,20,25-28,30,49H,6,12,14-17H2,1-5H3,(H,43,44)(H,46,54)(H,45,50,53)/t20-,25+,26-,27?,28-,30-,60?/m0/s1. The van der Waals surface area contributed by atoms with Crippen LogP contribution >= 0.6 is 30.7 Å². The number of carbonyl (C=O) groups is 2. The minimum Gasteiger partial charge on any atom is -0.463 e. The monoisotopic (exact) mass is 917 g/mol. The molecule has 3 aliphatic rings. The first-order valence-electron chi connectivity index (χ1n) is 19.0. The Hall–Kier alpha value is -4.25. The number of carbonyl (C=O) groups excluding carboxylic acids is 2. The lowest BCUT2D eigenvalue weighted by molar-refractivity contribution is -0.149. The molecule has 0 spiro atoms. The lowest BCUT2D eigenvalue weighted by Crippen LogP contribution is -2.40. The number of benzene rings is 1. The number of aliphatic hydroxyl groups excluding tert-OH is 1. The van der Waals surface area contributed by atoms with Crippen LogP contribution in [0.25, 0.3) is 0 Å². The van der Waals surface area contributed by atoms with Gasteiger partial charge in [0.25, 0.3) is 11.5 Å². The summed E-state index contributed by atoms with van der Waals surface area (Å²) >= 11 is 7.66. The number of aryl methyl sites for hydroxylation is 1. The Labute approximate surface area is 355 Å². The highest BCUT2D eigenvalue weighted by molar-refractivity contribution is 7.51. The number of H-pyrrole nitrogens is 1. The van der Waals surface area contributed by atoms with Crippen LogP contribution in [0.15, 0.2) is 61.8 Å². The van der Waals surface area contributed by atoms with Gasteiger partial charge in [-0.1, -0.05) is 17.7 Å². The number of nitrogens with one attached hydrogen (secondary N) is 3. The summed E-state index contributed by atoms with van der Waals surface area (Å²) in [4.78, 5) is 63.1. The summed E-state index contributed by atoms with van der Waals surface area (Å²) in [7, 11) is -4.94. The van der Waals surface area contributed by atoms with E-state index in [0.29, 0.717) is 5.01 Å².